The van der Waals surface area contributed by atoms with Crippen LogP contribution in [-0.4, -0.2) is 28.4 Å². The lowest BCUT2D eigenvalue weighted by molar-refractivity contribution is -0.137. The van der Waals surface area contributed by atoms with E-state index in [2.05, 4.69) is 0 Å². The highest BCUT2D eigenvalue weighted by molar-refractivity contribution is 5.77. The lowest BCUT2D eigenvalue weighted by Crippen LogP contribution is -2.31. The van der Waals surface area contributed by atoms with E-state index in [0.29, 0.717) is 25.9 Å². The number of nitrogens with zero attached hydrogens (tertiary/aromatic N) is 1. The third-order valence-corrected chi connectivity index (χ3v) is 2.84. The van der Waals surface area contributed by atoms with Crippen molar-refractivity contribution in [1.29, 1.82) is 0 Å². The van der Waals surface area contributed by atoms with Crippen molar-refractivity contribution in [2.45, 2.75) is 39.2 Å². The summed E-state index contributed by atoms with van der Waals surface area (Å²) in [6, 6.07) is 9.84. The molecule has 1 amide bonds. The van der Waals surface area contributed by atoms with Crippen molar-refractivity contribution < 1.29 is 14.7 Å². The maximum atomic E-state index is 12.1. The molecule has 19 heavy (non-hydrogen) atoms. The monoisotopic (exact) mass is 263 g/mol. The molecule has 1 rings (SSSR count). The normalized spacial score (nSPS) is 10.2. The summed E-state index contributed by atoms with van der Waals surface area (Å²) in [6.45, 7) is 3.34. The van der Waals surface area contributed by atoms with Crippen LogP contribution in [0.15, 0.2) is 30.3 Å². The van der Waals surface area contributed by atoms with Crippen molar-refractivity contribution in [3.63, 3.8) is 0 Å². The summed E-state index contributed by atoms with van der Waals surface area (Å²) in [5.41, 5.74) is 1.10. The second-order valence-electron chi connectivity index (χ2n) is 4.55. The highest BCUT2D eigenvalue weighted by Gasteiger charge is 2.13. The zero-order chi connectivity index (χ0) is 14.1. The first-order chi connectivity index (χ1) is 9.13. The zero-order valence-corrected chi connectivity index (χ0v) is 11.3. The van der Waals surface area contributed by atoms with Gasteiger partial charge in [0.1, 0.15) is 0 Å². The molecule has 0 fully saturated rings. The number of hydrogen-bond donors (Lipinski definition) is 1. The molecule has 0 aliphatic heterocycles. The van der Waals surface area contributed by atoms with E-state index in [1.807, 2.05) is 37.3 Å². The van der Waals surface area contributed by atoms with Gasteiger partial charge in [-0.2, -0.15) is 0 Å². The summed E-state index contributed by atoms with van der Waals surface area (Å²) in [6.07, 6.45) is 1.66. The van der Waals surface area contributed by atoms with E-state index in [1.165, 1.54) is 0 Å². The van der Waals surface area contributed by atoms with Gasteiger partial charge in [0.25, 0.3) is 0 Å². The predicted octanol–water partition coefficient (Wildman–Crippen LogP) is 2.68. The van der Waals surface area contributed by atoms with Crippen LogP contribution in [0.3, 0.4) is 0 Å². The molecule has 1 aromatic carbocycles. The maximum Gasteiger partial charge on any atom is 0.303 e. The largest absolute Gasteiger partial charge is 0.481 e. The summed E-state index contributed by atoms with van der Waals surface area (Å²) >= 11 is 0. The summed E-state index contributed by atoms with van der Waals surface area (Å²) in [7, 11) is 0. The minimum Gasteiger partial charge on any atom is -0.481 e. The summed E-state index contributed by atoms with van der Waals surface area (Å²) < 4.78 is 0. The van der Waals surface area contributed by atoms with Crippen molar-refractivity contribution in [2.75, 3.05) is 6.54 Å². The predicted molar refractivity (Wildman–Crippen MR) is 73.6 cm³/mol. The molecule has 104 valence electrons. The number of carboxylic acid groups (broad SMARTS) is 1. The molecule has 0 spiro atoms. The van der Waals surface area contributed by atoms with Crippen molar-refractivity contribution >= 4 is 11.9 Å². The number of rotatable bonds is 8. The third kappa shape index (κ3) is 6.04. The Morgan fingerprint density at radius 1 is 1.16 bits per heavy atom. The molecule has 4 nitrogen and oxygen atoms in total. The van der Waals surface area contributed by atoms with E-state index >= 15 is 0 Å². The Morgan fingerprint density at radius 3 is 2.42 bits per heavy atom. The summed E-state index contributed by atoms with van der Waals surface area (Å²) in [4.78, 5) is 24.3. The average molecular weight is 263 g/mol. The van der Waals surface area contributed by atoms with Gasteiger partial charge < -0.3 is 10.0 Å². The number of carbonyl (C=O) groups is 2. The van der Waals surface area contributed by atoms with Gasteiger partial charge in [-0.1, -0.05) is 37.3 Å². The van der Waals surface area contributed by atoms with Gasteiger partial charge in [-0.3, -0.25) is 9.59 Å². The summed E-state index contributed by atoms with van der Waals surface area (Å²) in [5.74, 6) is -0.815. The van der Waals surface area contributed by atoms with E-state index in [1.54, 1.807) is 4.90 Å². The number of hydrogen-bond acceptors (Lipinski definition) is 2. The first-order valence-corrected chi connectivity index (χ1v) is 6.67. The van der Waals surface area contributed by atoms with Crippen LogP contribution in [0.2, 0.25) is 0 Å². The number of carboxylic acids is 1. The molecular formula is C15H21NO3. The van der Waals surface area contributed by atoms with Crippen LogP contribution >= 0.6 is 0 Å². The lowest BCUT2D eigenvalue weighted by atomic mass is 10.1. The highest BCUT2D eigenvalue weighted by Crippen LogP contribution is 2.08. The molecule has 0 aromatic heterocycles. The average Bonchev–Trinajstić information content (AvgIpc) is 2.39. The van der Waals surface area contributed by atoms with Gasteiger partial charge in [0.15, 0.2) is 0 Å². The molecule has 0 aliphatic carbocycles. The second-order valence-corrected chi connectivity index (χ2v) is 4.55. The topological polar surface area (TPSA) is 57.6 Å². The van der Waals surface area contributed by atoms with Crippen LogP contribution in [0.4, 0.5) is 0 Å². The Balaban J connectivity index is 2.51. The van der Waals surface area contributed by atoms with Crippen molar-refractivity contribution in [1.82, 2.24) is 4.90 Å². The first-order valence-electron chi connectivity index (χ1n) is 6.67. The molecule has 0 unspecified atom stereocenters. The summed E-state index contributed by atoms with van der Waals surface area (Å²) in [5, 5.41) is 8.58. The van der Waals surface area contributed by atoms with Crippen molar-refractivity contribution in [3.8, 4) is 0 Å². The highest BCUT2D eigenvalue weighted by atomic mass is 16.4. The number of aliphatic carboxylic acids is 1. The fourth-order valence-corrected chi connectivity index (χ4v) is 1.91. The molecule has 0 aliphatic rings. The molecule has 0 saturated heterocycles. The number of carbonyl (C=O) groups excluding carboxylic acids is 1. The Labute approximate surface area is 114 Å². The Kier molecular flexibility index (Phi) is 6.64. The second kappa shape index (κ2) is 8.29. The minimum absolute atomic E-state index is 0.0342. The molecule has 0 atom stereocenters. The van der Waals surface area contributed by atoms with Crippen LogP contribution in [0.25, 0.3) is 0 Å². The van der Waals surface area contributed by atoms with Crippen LogP contribution in [0.1, 0.15) is 38.2 Å². The minimum atomic E-state index is -0.849. The van der Waals surface area contributed by atoms with Crippen molar-refractivity contribution in [2.24, 2.45) is 0 Å². The molecule has 1 N–H and O–H groups in total. The zero-order valence-electron chi connectivity index (χ0n) is 11.3. The maximum absolute atomic E-state index is 12.1. The molecule has 0 heterocycles. The van der Waals surface area contributed by atoms with Gasteiger partial charge in [-0.25, -0.2) is 0 Å². The van der Waals surface area contributed by atoms with Crippen LogP contribution in [-0.2, 0) is 16.1 Å². The Morgan fingerprint density at radius 2 is 1.84 bits per heavy atom. The Bertz CT molecular complexity index is 403. The molecule has 0 bridgehead atoms. The van der Waals surface area contributed by atoms with Gasteiger partial charge >= 0.3 is 5.97 Å². The fourth-order valence-electron chi connectivity index (χ4n) is 1.91. The number of amides is 1. The smallest absolute Gasteiger partial charge is 0.303 e. The van der Waals surface area contributed by atoms with Gasteiger partial charge in [0.05, 0.1) is 0 Å². The lowest BCUT2D eigenvalue weighted by Gasteiger charge is -2.22. The van der Waals surface area contributed by atoms with Gasteiger partial charge in [-0.15, -0.1) is 0 Å². The standard InChI is InChI=1S/C15H21NO3/c1-2-11-16(12-13-7-4-3-5-8-13)14(17)9-6-10-15(18)19/h3-5,7-8H,2,6,9-12H2,1H3,(H,18,19). The quantitative estimate of drug-likeness (QED) is 0.784. The fraction of sp³-hybridized carbons (Fsp3) is 0.467. The molecule has 0 radical (unpaired) electrons. The van der Waals surface area contributed by atoms with Gasteiger partial charge in [-0.05, 0) is 18.4 Å². The molecule has 0 saturated carbocycles. The van der Waals surface area contributed by atoms with Crippen LogP contribution in [0.5, 0.6) is 0 Å². The SMILES string of the molecule is CCCN(Cc1ccccc1)C(=O)CCCC(=O)O. The van der Waals surface area contributed by atoms with Crippen molar-refractivity contribution in [3.05, 3.63) is 35.9 Å². The van der Waals surface area contributed by atoms with E-state index in [0.717, 1.165) is 12.0 Å². The van der Waals surface area contributed by atoms with E-state index < -0.39 is 5.97 Å². The first kappa shape index (κ1) is 15.2. The Hall–Kier alpha value is -1.84. The van der Waals surface area contributed by atoms with Gasteiger partial charge in [0, 0.05) is 25.9 Å². The van der Waals surface area contributed by atoms with E-state index in [4.69, 9.17) is 5.11 Å². The molecule has 1 aromatic rings. The van der Waals surface area contributed by atoms with Gasteiger partial charge in [0.2, 0.25) is 5.91 Å². The van der Waals surface area contributed by atoms with Crippen LogP contribution < -0.4 is 0 Å². The molecule has 4 heteroatoms. The van der Waals surface area contributed by atoms with E-state index in [-0.39, 0.29) is 12.3 Å². The third-order valence-electron chi connectivity index (χ3n) is 2.84. The number of benzene rings is 1. The molecular weight excluding hydrogens is 242 g/mol. The van der Waals surface area contributed by atoms with Crippen LogP contribution in [0, 0.1) is 0 Å². The van der Waals surface area contributed by atoms with E-state index in [9.17, 15) is 9.59 Å².